The van der Waals surface area contributed by atoms with Gasteiger partial charge in [0, 0.05) is 37.5 Å². The average Bonchev–Trinajstić information content (AvgIpc) is 3.07. The lowest BCUT2D eigenvalue weighted by Crippen LogP contribution is -2.45. The van der Waals surface area contributed by atoms with Crippen LogP contribution in [-0.2, 0) is 4.79 Å². The normalized spacial score (nSPS) is 19.4. The molecule has 5 nitrogen and oxygen atoms in total. The Hall–Kier alpha value is -2.31. The number of piperidine rings is 1. The van der Waals surface area contributed by atoms with Crippen LogP contribution in [0.3, 0.4) is 0 Å². The number of nitrogens with zero attached hydrogens (tertiary/aromatic N) is 4. The highest BCUT2D eigenvalue weighted by molar-refractivity contribution is 5.89. The zero-order valence-electron chi connectivity index (χ0n) is 13.9. The molecule has 132 valence electrons. The van der Waals surface area contributed by atoms with Crippen LogP contribution < -0.4 is 4.90 Å². The molecule has 1 amide bonds. The smallest absolute Gasteiger partial charge is 0.297 e. The Bertz CT molecular complexity index is 790. The van der Waals surface area contributed by atoms with Crippen molar-refractivity contribution in [2.45, 2.75) is 38.2 Å². The first-order valence-electron chi connectivity index (χ1n) is 8.73. The summed E-state index contributed by atoms with van der Waals surface area (Å²) in [6, 6.07) is 7.53. The van der Waals surface area contributed by atoms with Crippen molar-refractivity contribution in [2.75, 3.05) is 24.5 Å². The predicted molar refractivity (Wildman–Crippen MR) is 90.7 cm³/mol. The van der Waals surface area contributed by atoms with E-state index in [2.05, 4.69) is 9.97 Å². The molecule has 2 saturated heterocycles. The van der Waals surface area contributed by atoms with E-state index >= 15 is 0 Å². The molecule has 1 aromatic carbocycles. The number of amides is 1. The molecule has 2 aliphatic heterocycles. The fraction of sp³-hybridized carbons (Fsp3) is 0.500. The molecule has 0 bridgehead atoms. The maximum Gasteiger partial charge on any atom is 0.297 e. The number of anilines is 1. The second-order valence-corrected chi connectivity index (χ2v) is 6.63. The number of hydrogen-bond acceptors (Lipinski definition) is 4. The summed E-state index contributed by atoms with van der Waals surface area (Å²) >= 11 is 0. The van der Waals surface area contributed by atoms with Crippen LogP contribution in [0, 0.1) is 0 Å². The van der Waals surface area contributed by atoms with Gasteiger partial charge in [0.2, 0.25) is 5.91 Å². The third-order valence-electron chi connectivity index (χ3n) is 5.11. The van der Waals surface area contributed by atoms with Crippen molar-refractivity contribution in [3.63, 3.8) is 0 Å². The van der Waals surface area contributed by atoms with E-state index < -0.39 is 12.2 Å². The molecule has 25 heavy (non-hydrogen) atoms. The lowest BCUT2D eigenvalue weighted by molar-refractivity contribution is -0.130. The predicted octanol–water partition coefficient (Wildman–Crippen LogP) is 3.16. The fourth-order valence-electron chi connectivity index (χ4n) is 3.86. The lowest BCUT2D eigenvalue weighted by Gasteiger charge is -2.37. The first kappa shape index (κ1) is 16.2. The molecule has 0 atom stereocenters. The minimum absolute atomic E-state index is 0.242. The van der Waals surface area contributed by atoms with Gasteiger partial charge < -0.3 is 9.80 Å². The summed E-state index contributed by atoms with van der Waals surface area (Å²) in [5.74, 6) is 0.392. The zero-order chi connectivity index (χ0) is 17.4. The van der Waals surface area contributed by atoms with Crippen molar-refractivity contribution >= 4 is 22.6 Å². The van der Waals surface area contributed by atoms with Crippen LogP contribution in [0.2, 0.25) is 0 Å². The average molecular weight is 346 g/mol. The molecule has 4 rings (SSSR count). The summed E-state index contributed by atoms with van der Waals surface area (Å²) in [5, 5.41) is 0.794. The molecule has 0 radical (unpaired) electrons. The van der Waals surface area contributed by atoms with Crippen LogP contribution >= 0.6 is 0 Å². The summed E-state index contributed by atoms with van der Waals surface area (Å²) in [7, 11) is 0. The van der Waals surface area contributed by atoms with E-state index in [4.69, 9.17) is 0 Å². The van der Waals surface area contributed by atoms with Gasteiger partial charge >= 0.3 is 0 Å². The SMILES string of the molecule is O=C1CCCN1C1CCN(c2nc(C(F)F)nc3ccccc23)CC1. The fourth-order valence-corrected chi connectivity index (χ4v) is 3.86. The second kappa shape index (κ2) is 6.54. The van der Waals surface area contributed by atoms with E-state index in [0.717, 1.165) is 31.2 Å². The Balaban J connectivity index is 1.59. The van der Waals surface area contributed by atoms with Gasteiger partial charge in [0.25, 0.3) is 6.43 Å². The Labute approximate surface area is 144 Å². The highest BCUT2D eigenvalue weighted by atomic mass is 19.3. The number of benzene rings is 1. The molecular weight excluding hydrogens is 326 g/mol. The summed E-state index contributed by atoms with van der Waals surface area (Å²) in [5.41, 5.74) is 0.541. The third-order valence-corrected chi connectivity index (χ3v) is 5.11. The number of fused-ring (bicyclic) bond motifs is 1. The van der Waals surface area contributed by atoms with Gasteiger partial charge in [-0.05, 0) is 31.4 Å². The first-order chi connectivity index (χ1) is 12.1. The highest BCUT2D eigenvalue weighted by Gasteiger charge is 2.31. The Kier molecular flexibility index (Phi) is 4.23. The minimum atomic E-state index is -2.69. The van der Waals surface area contributed by atoms with Gasteiger partial charge in [0.15, 0.2) is 5.82 Å². The standard InChI is InChI=1S/C18H20F2N4O/c19-16(20)17-21-14-5-2-1-4-13(14)18(22-17)23-10-7-12(8-11-23)24-9-3-6-15(24)25/h1-2,4-5,12,16H,3,6-11H2. The number of alkyl halides is 2. The van der Waals surface area contributed by atoms with Crippen molar-refractivity contribution < 1.29 is 13.6 Å². The maximum absolute atomic E-state index is 13.2. The van der Waals surface area contributed by atoms with Crippen LogP contribution in [0.4, 0.5) is 14.6 Å². The molecule has 1 aromatic heterocycles. The monoisotopic (exact) mass is 346 g/mol. The van der Waals surface area contributed by atoms with Gasteiger partial charge in [-0.2, -0.15) is 0 Å². The van der Waals surface area contributed by atoms with E-state index in [1.165, 1.54) is 0 Å². The number of likely N-dealkylation sites (tertiary alicyclic amines) is 1. The topological polar surface area (TPSA) is 49.3 Å². The molecule has 0 aliphatic carbocycles. The molecule has 2 aromatic rings. The molecule has 2 aliphatic rings. The largest absolute Gasteiger partial charge is 0.356 e. The summed E-state index contributed by atoms with van der Waals surface area (Å²) < 4.78 is 26.3. The van der Waals surface area contributed by atoms with Crippen molar-refractivity contribution in [1.29, 1.82) is 0 Å². The molecule has 0 spiro atoms. The number of para-hydroxylation sites is 1. The van der Waals surface area contributed by atoms with E-state index in [1.54, 1.807) is 12.1 Å². The van der Waals surface area contributed by atoms with Crippen molar-refractivity contribution in [3.8, 4) is 0 Å². The summed E-state index contributed by atoms with van der Waals surface area (Å²) in [4.78, 5) is 24.1. The third kappa shape index (κ3) is 3.03. The lowest BCUT2D eigenvalue weighted by atomic mass is 10.0. The Morgan fingerprint density at radius 2 is 1.84 bits per heavy atom. The molecular formula is C18H20F2N4O. The van der Waals surface area contributed by atoms with Crippen LogP contribution in [0.25, 0.3) is 10.9 Å². The quantitative estimate of drug-likeness (QED) is 0.857. The van der Waals surface area contributed by atoms with E-state index in [1.807, 2.05) is 21.9 Å². The van der Waals surface area contributed by atoms with Crippen LogP contribution in [-0.4, -0.2) is 46.5 Å². The van der Waals surface area contributed by atoms with Crippen LogP contribution in [0.15, 0.2) is 24.3 Å². The zero-order valence-corrected chi connectivity index (χ0v) is 13.9. The first-order valence-corrected chi connectivity index (χ1v) is 8.73. The summed E-state index contributed by atoms with van der Waals surface area (Å²) in [6.07, 6.45) is 0.576. The number of aromatic nitrogens is 2. The number of halogens is 2. The molecule has 7 heteroatoms. The van der Waals surface area contributed by atoms with E-state index in [9.17, 15) is 13.6 Å². The molecule has 0 saturated carbocycles. The van der Waals surface area contributed by atoms with Crippen molar-refractivity contribution in [3.05, 3.63) is 30.1 Å². The van der Waals surface area contributed by atoms with Gasteiger partial charge in [-0.15, -0.1) is 0 Å². The van der Waals surface area contributed by atoms with E-state index in [-0.39, 0.29) is 11.9 Å². The minimum Gasteiger partial charge on any atom is -0.356 e. The highest BCUT2D eigenvalue weighted by Crippen LogP contribution is 2.30. The molecule has 0 unspecified atom stereocenters. The van der Waals surface area contributed by atoms with Crippen molar-refractivity contribution in [1.82, 2.24) is 14.9 Å². The van der Waals surface area contributed by atoms with Crippen molar-refractivity contribution in [2.24, 2.45) is 0 Å². The van der Waals surface area contributed by atoms with Crippen LogP contribution in [0.1, 0.15) is 37.9 Å². The number of rotatable bonds is 3. The van der Waals surface area contributed by atoms with Gasteiger partial charge in [-0.25, -0.2) is 18.7 Å². The number of hydrogen-bond donors (Lipinski definition) is 0. The van der Waals surface area contributed by atoms with Gasteiger partial charge in [0.05, 0.1) is 5.52 Å². The molecule has 0 N–H and O–H groups in total. The molecule has 3 heterocycles. The van der Waals surface area contributed by atoms with Gasteiger partial charge in [-0.3, -0.25) is 4.79 Å². The Morgan fingerprint density at radius 3 is 2.52 bits per heavy atom. The number of carbonyl (C=O) groups excluding carboxylic acids is 1. The van der Waals surface area contributed by atoms with Gasteiger partial charge in [0.1, 0.15) is 5.82 Å². The Morgan fingerprint density at radius 1 is 1.08 bits per heavy atom. The van der Waals surface area contributed by atoms with E-state index in [0.29, 0.717) is 30.8 Å². The second-order valence-electron chi connectivity index (χ2n) is 6.63. The molecule has 2 fully saturated rings. The summed E-state index contributed by atoms with van der Waals surface area (Å²) in [6.45, 7) is 2.26. The maximum atomic E-state index is 13.2. The van der Waals surface area contributed by atoms with Crippen LogP contribution in [0.5, 0.6) is 0 Å². The van der Waals surface area contributed by atoms with Gasteiger partial charge in [-0.1, -0.05) is 12.1 Å². The number of carbonyl (C=O) groups is 1.